The largest absolute Gasteiger partial charge is 0.497 e. The highest BCUT2D eigenvalue weighted by Crippen LogP contribution is 2.16. The van der Waals surface area contributed by atoms with Crippen molar-refractivity contribution in [2.24, 2.45) is 5.92 Å². The number of aromatic nitrogens is 1. The Balaban J connectivity index is 2.03. The molecule has 0 aliphatic heterocycles. The predicted molar refractivity (Wildman–Crippen MR) is 112 cm³/mol. The van der Waals surface area contributed by atoms with Crippen LogP contribution in [0.1, 0.15) is 25.1 Å². The molecule has 0 amide bonds. The molecule has 0 fully saturated rings. The van der Waals surface area contributed by atoms with Gasteiger partial charge in [0, 0.05) is 38.1 Å². The van der Waals surface area contributed by atoms with Gasteiger partial charge in [-0.05, 0) is 35.7 Å². The van der Waals surface area contributed by atoms with Gasteiger partial charge >= 0.3 is 0 Å². The summed E-state index contributed by atoms with van der Waals surface area (Å²) in [7, 11) is 1.68. The van der Waals surface area contributed by atoms with Gasteiger partial charge < -0.3 is 19.1 Å². The van der Waals surface area contributed by atoms with Crippen LogP contribution in [-0.2, 0) is 17.8 Å². The zero-order valence-corrected chi connectivity index (χ0v) is 17.2. The molecule has 152 valence electrons. The lowest BCUT2D eigenvalue weighted by molar-refractivity contribution is 0.0233. The van der Waals surface area contributed by atoms with Crippen molar-refractivity contribution >= 4 is 0 Å². The summed E-state index contributed by atoms with van der Waals surface area (Å²) >= 11 is 0. The Labute approximate surface area is 168 Å². The number of hydrogen-bond donors (Lipinski definition) is 1. The highest BCUT2D eigenvalue weighted by atomic mass is 16.5. The molecule has 0 unspecified atom stereocenters. The van der Waals surface area contributed by atoms with Crippen molar-refractivity contribution in [2.45, 2.75) is 33.0 Å². The van der Waals surface area contributed by atoms with Crippen LogP contribution in [0.15, 0.2) is 42.6 Å². The average Bonchev–Trinajstić information content (AvgIpc) is 3.08. The third kappa shape index (κ3) is 7.40. The van der Waals surface area contributed by atoms with Crippen molar-refractivity contribution in [3.05, 3.63) is 53.9 Å². The van der Waals surface area contributed by atoms with E-state index in [-0.39, 0.29) is 13.2 Å². The molecule has 0 bridgehead atoms. The number of benzene rings is 1. The molecule has 5 nitrogen and oxygen atoms in total. The number of rotatable bonds is 12. The molecule has 0 radical (unpaired) electrons. The topological polar surface area (TPSA) is 46.9 Å². The Morgan fingerprint density at radius 2 is 2.04 bits per heavy atom. The van der Waals surface area contributed by atoms with Gasteiger partial charge in [0.2, 0.25) is 0 Å². The molecule has 0 aliphatic carbocycles. The first-order valence-corrected chi connectivity index (χ1v) is 9.70. The van der Waals surface area contributed by atoms with Crippen LogP contribution >= 0.6 is 0 Å². The zero-order chi connectivity index (χ0) is 20.4. The van der Waals surface area contributed by atoms with Crippen molar-refractivity contribution in [3.63, 3.8) is 0 Å². The van der Waals surface area contributed by atoms with Gasteiger partial charge in [-0.15, -0.1) is 6.42 Å². The summed E-state index contributed by atoms with van der Waals surface area (Å²) in [5.41, 5.74) is 2.40. The average molecular weight is 385 g/mol. The fourth-order valence-corrected chi connectivity index (χ4v) is 3.27. The summed E-state index contributed by atoms with van der Waals surface area (Å²) in [5.74, 6) is 3.79. The Kier molecular flexibility index (Phi) is 9.09. The smallest absolute Gasteiger partial charge is 0.119 e. The van der Waals surface area contributed by atoms with Crippen LogP contribution in [0.5, 0.6) is 5.75 Å². The molecule has 1 atom stereocenters. The second kappa shape index (κ2) is 11.6. The minimum atomic E-state index is -0.561. The molecule has 2 aromatic rings. The first kappa shape index (κ1) is 22.0. The molecule has 0 saturated carbocycles. The Morgan fingerprint density at radius 1 is 1.21 bits per heavy atom. The molecule has 2 rings (SSSR count). The van der Waals surface area contributed by atoms with Crippen LogP contribution in [-0.4, -0.2) is 54.1 Å². The molecule has 28 heavy (non-hydrogen) atoms. The Hall–Kier alpha value is -2.26. The van der Waals surface area contributed by atoms with Gasteiger partial charge in [-0.3, -0.25) is 4.90 Å². The van der Waals surface area contributed by atoms with Crippen molar-refractivity contribution in [1.82, 2.24) is 9.47 Å². The molecular weight excluding hydrogens is 352 g/mol. The summed E-state index contributed by atoms with van der Waals surface area (Å²) in [6, 6.07) is 12.3. The maximum Gasteiger partial charge on any atom is 0.119 e. The van der Waals surface area contributed by atoms with Crippen LogP contribution in [0.3, 0.4) is 0 Å². The van der Waals surface area contributed by atoms with E-state index in [4.69, 9.17) is 15.9 Å². The van der Waals surface area contributed by atoms with Gasteiger partial charge in [-0.1, -0.05) is 31.9 Å². The standard InChI is InChI=1S/C23H32N2O3/c1-5-12-28-18-22(26)17-24(14-19(2)3)16-21-9-7-11-25(21)15-20-8-6-10-23(13-20)27-4/h1,6-11,13,19,22,26H,12,14-18H2,2-4H3/t22-/m1/s1. The number of ether oxygens (including phenoxy) is 2. The van der Waals surface area contributed by atoms with E-state index < -0.39 is 6.10 Å². The van der Waals surface area contributed by atoms with Crippen LogP contribution in [0.4, 0.5) is 0 Å². The van der Waals surface area contributed by atoms with Crippen molar-refractivity contribution in [1.29, 1.82) is 0 Å². The Morgan fingerprint density at radius 3 is 2.75 bits per heavy atom. The van der Waals surface area contributed by atoms with Crippen molar-refractivity contribution in [3.8, 4) is 18.1 Å². The summed E-state index contributed by atoms with van der Waals surface area (Å²) in [6.45, 7) is 7.84. The summed E-state index contributed by atoms with van der Waals surface area (Å²) < 4.78 is 12.8. The van der Waals surface area contributed by atoms with E-state index in [0.29, 0.717) is 12.5 Å². The number of terminal acetylenes is 1. The number of hydrogen-bond acceptors (Lipinski definition) is 4. The quantitative estimate of drug-likeness (QED) is 0.451. The normalized spacial score (nSPS) is 12.3. The summed E-state index contributed by atoms with van der Waals surface area (Å²) in [6.07, 6.45) is 6.72. The molecule has 1 heterocycles. The highest BCUT2D eigenvalue weighted by molar-refractivity contribution is 5.29. The molecule has 0 saturated heterocycles. The van der Waals surface area contributed by atoms with Gasteiger partial charge in [0.1, 0.15) is 12.4 Å². The highest BCUT2D eigenvalue weighted by Gasteiger charge is 2.15. The van der Waals surface area contributed by atoms with Gasteiger partial charge in [0.25, 0.3) is 0 Å². The number of aliphatic hydroxyl groups excluding tert-OH is 1. The molecule has 1 aromatic carbocycles. The summed E-state index contributed by atoms with van der Waals surface area (Å²) in [5, 5.41) is 10.3. The van der Waals surface area contributed by atoms with Crippen molar-refractivity contribution < 1.29 is 14.6 Å². The molecule has 1 aromatic heterocycles. The van der Waals surface area contributed by atoms with Crippen LogP contribution < -0.4 is 4.74 Å². The minimum Gasteiger partial charge on any atom is -0.497 e. The third-order valence-corrected chi connectivity index (χ3v) is 4.38. The van der Waals surface area contributed by atoms with Crippen molar-refractivity contribution in [2.75, 3.05) is 33.4 Å². The van der Waals surface area contributed by atoms with Gasteiger partial charge in [0.05, 0.1) is 19.8 Å². The van der Waals surface area contributed by atoms with E-state index in [1.54, 1.807) is 7.11 Å². The first-order valence-electron chi connectivity index (χ1n) is 9.70. The molecular formula is C23H32N2O3. The number of nitrogens with zero attached hydrogens (tertiary/aromatic N) is 2. The lowest BCUT2D eigenvalue weighted by Gasteiger charge is -2.27. The third-order valence-electron chi connectivity index (χ3n) is 4.38. The van der Waals surface area contributed by atoms with Crippen LogP contribution in [0.2, 0.25) is 0 Å². The van der Waals surface area contributed by atoms with E-state index in [9.17, 15) is 5.11 Å². The lowest BCUT2D eigenvalue weighted by atomic mass is 10.2. The molecule has 5 heteroatoms. The number of aliphatic hydroxyl groups is 1. The van der Waals surface area contributed by atoms with Gasteiger partial charge in [-0.2, -0.15) is 0 Å². The first-order chi connectivity index (χ1) is 13.5. The zero-order valence-electron chi connectivity index (χ0n) is 17.2. The minimum absolute atomic E-state index is 0.227. The number of methoxy groups -OCH3 is 1. The fourth-order valence-electron chi connectivity index (χ4n) is 3.27. The van der Waals surface area contributed by atoms with E-state index >= 15 is 0 Å². The van der Waals surface area contributed by atoms with E-state index in [1.807, 2.05) is 12.1 Å². The van der Waals surface area contributed by atoms with Gasteiger partial charge in [0.15, 0.2) is 0 Å². The lowest BCUT2D eigenvalue weighted by Crippen LogP contribution is -2.37. The fraction of sp³-hybridized carbons (Fsp3) is 0.478. The van der Waals surface area contributed by atoms with Crippen LogP contribution in [0, 0.1) is 18.3 Å². The van der Waals surface area contributed by atoms with Gasteiger partial charge in [-0.25, -0.2) is 0 Å². The monoisotopic (exact) mass is 384 g/mol. The maximum absolute atomic E-state index is 10.3. The molecule has 1 N–H and O–H groups in total. The van der Waals surface area contributed by atoms with E-state index in [1.165, 1.54) is 11.3 Å². The second-order valence-corrected chi connectivity index (χ2v) is 7.44. The maximum atomic E-state index is 10.3. The Bertz CT molecular complexity index is 748. The summed E-state index contributed by atoms with van der Waals surface area (Å²) in [4.78, 5) is 2.27. The molecule has 0 aliphatic rings. The predicted octanol–water partition coefficient (Wildman–Crippen LogP) is 3.01. The van der Waals surface area contributed by atoms with Crippen LogP contribution in [0.25, 0.3) is 0 Å². The van der Waals surface area contributed by atoms with E-state index in [0.717, 1.165) is 25.4 Å². The SMILES string of the molecule is C#CCOC[C@H](O)CN(Cc1cccn1Cc1cccc(OC)c1)CC(C)C. The second-order valence-electron chi connectivity index (χ2n) is 7.44. The van der Waals surface area contributed by atoms with E-state index in [2.05, 4.69) is 59.7 Å². The molecule has 0 spiro atoms.